The third-order valence-electron chi connectivity index (χ3n) is 8.05. The van der Waals surface area contributed by atoms with Crippen LogP contribution >= 0.6 is 0 Å². The average molecular weight is 591 g/mol. The molecule has 2 saturated heterocycles. The zero-order chi connectivity index (χ0) is 30.7. The Kier molecular flexibility index (Phi) is 12.6. The van der Waals surface area contributed by atoms with Crippen LogP contribution in [0.1, 0.15) is 83.6 Å². The summed E-state index contributed by atoms with van der Waals surface area (Å²) in [7, 11) is 1.32. The SMILES string of the molecule is COC(=O)CC(CC(=O)[C@@H]1CCCN(C(=O)CCC2CCN(C(=O)OC(C)(C)C)CC2)C1)c1ccc(OCCF)cc1. The molecule has 2 aliphatic heterocycles. The molecule has 0 aromatic heterocycles. The van der Waals surface area contributed by atoms with Gasteiger partial charge in [-0.1, -0.05) is 12.1 Å². The van der Waals surface area contributed by atoms with E-state index >= 15 is 0 Å². The van der Waals surface area contributed by atoms with E-state index in [-0.39, 0.29) is 49.1 Å². The lowest BCUT2D eigenvalue weighted by Gasteiger charge is -2.35. The lowest BCUT2D eigenvalue weighted by atomic mass is 9.84. The summed E-state index contributed by atoms with van der Waals surface area (Å²) in [5.41, 5.74) is 0.289. The number of rotatable bonds is 12. The summed E-state index contributed by atoms with van der Waals surface area (Å²) in [4.78, 5) is 54.5. The number of nitrogens with zero attached hydrogens (tertiary/aromatic N) is 2. The Bertz CT molecular complexity index is 1050. The summed E-state index contributed by atoms with van der Waals surface area (Å²) in [6.07, 6.45) is 4.32. The molecule has 0 bridgehead atoms. The highest BCUT2D eigenvalue weighted by Gasteiger charge is 2.32. The van der Waals surface area contributed by atoms with E-state index in [0.29, 0.717) is 50.7 Å². The Hall–Kier alpha value is -3.17. The lowest BCUT2D eigenvalue weighted by Crippen LogP contribution is -2.43. The molecule has 2 fully saturated rings. The van der Waals surface area contributed by atoms with Crippen molar-refractivity contribution in [3.8, 4) is 5.75 Å². The molecule has 0 saturated carbocycles. The first-order valence-electron chi connectivity index (χ1n) is 15.1. The number of likely N-dealkylation sites (tertiary alicyclic amines) is 2. The molecule has 9 nitrogen and oxygen atoms in total. The molecule has 1 aromatic carbocycles. The number of methoxy groups -OCH3 is 1. The van der Waals surface area contributed by atoms with Gasteiger partial charge in [0.2, 0.25) is 5.91 Å². The standard InChI is InChI=1S/C32H47FN2O7/c1-32(2,3)42-31(39)34-17-13-23(14-18-34)7-12-29(37)35-16-5-6-25(22-35)28(36)20-26(21-30(38)40-4)24-8-10-27(11-9-24)41-19-15-33/h8-11,23,25-26H,5-7,12-22H2,1-4H3/t25-,26?/m1/s1. The normalized spacial score (nSPS) is 18.7. The number of Topliss-reactive ketones (excluding diaryl/α,β-unsaturated/α-hetero) is 1. The first-order valence-corrected chi connectivity index (χ1v) is 15.1. The monoisotopic (exact) mass is 590 g/mol. The van der Waals surface area contributed by atoms with Crippen molar-refractivity contribution in [1.82, 2.24) is 9.80 Å². The number of hydrogen-bond donors (Lipinski definition) is 0. The molecule has 42 heavy (non-hydrogen) atoms. The van der Waals surface area contributed by atoms with Crippen LogP contribution in [0.2, 0.25) is 0 Å². The Morgan fingerprint density at radius 2 is 1.67 bits per heavy atom. The van der Waals surface area contributed by atoms with Gasteiger partial charge in [-0.25, -0.2) is 9.18 Å². The van der Waals surface area contributed by atoms with E-state index in [1.165, 1.54) is 7.11 Å². The third-order valence-corrected chi connectivity index (χ3v) is 8.05. The fourth-order valence-corrected chi connectivity index (χ4v) is 5.68. The lowest BCUT2D eigenvalue weighted by molar-refractivity contribution is -0.141. The van der Waals surface area contributed by atoms with E-state index in [1.54, 1.807) is 29.2 Å². The van der Waals surface area contributed by atoms with E-state index in [2.05, 4.69) is 0 Å². The van der Waals surface area contributed by atoms with Gasteiger partial charge in [-0.15, -0.1) is 0 Å². The predicted molar refractivity (Wildman–Crippen MR) is 156 cm³/mol. The van der Waals surface area contributed by atoms with Crippen molar-refractivity contribution < 1.29 is 37.8 Å². The summed E-state index contributed by atoms with van der Waals surface area (Å²) in [5, 5.41) is 0. The minimum atomic E-state index is -0.586. The highest BCUT2D eigenvalue weighted by molar-refractivity contribution is 5.84. The van der Waals surface area contributed by atoms with Crippen molar-refractivity contribution in [3.05, 3.63) is 29.8 Å². The van der Waals surface area contributed by atoms with Gasteiger partial charge in [0.1, 0.15) is 30.4 Å². The van der Waals surface area contributed by atoms with Crippen LogP contribution in [0.5, 0.6) is 5.75 Å². The molecule has 0 radical (unpaired) electrons. The largest absolute Gasteiger partial charge is 0.491 e. The van der Waals surface area contributed by atoms with Crippen molar-refractivity contribution in [2.24, 2.45) is 11.8 Å². The van der Waals surface area contributed by atoms with Crippen LogP contribution in [0.15, 0.2) is 24.3 Å². The fraction of sp³-hybridized carbons (Fsp3) is 0.688. The Morgan fingerprint density at radius 3 is 2.29 bits per heavy atom. The van der Waals surface area contributed by atoms with Gasteiger partial charge in [-0.3, -0.25) is 14.4 Å². The Labute approximate surface area is 249 Å². The summed E-state index contributed by atoms with van der Waals surface area (Å²) in [6.45, 7) is 7.26. The van der Waals surface area contributed by atoms with Crippen molar-refractivity contribution >= 4 is 23.8 Å². The second-order valence-corrected chi connectivity index (χ2v) is 12.4. The molecule has 234 valence electrons. The fourth-order valence-electron chi connectivity index (χ4n) is 5.68. The number of amides is 2. The number of hydrogen-bond acceptors (Lipinski definition) is 7. The van der Waals surface area contributed by atoms with Gasteiger partial charge in [0.15, 0.2) is 0 Å². The van der Waals surface area contributed by atoms with Crippen LogP contribution in [-0.4, -0.2) is 85.7 Å². The van der Waals surface area contributed by atoms with E-state index < -0.39 is 18.2 Å². The number of carbonyl (C=O) groups excluding carboxylic acids is 4. The molecule has 1 unspecified atom stereocenters. The van der Waals surface area contributed by atoms with Gasteiger partial charge in [0.05, 0.1) is 13.5 Å². The molecule has 0 aliphatic carbocycles. The van der Waals surface area contributed by atoms with E-state index in [1.807, 2.05) is 25.7 Å². The van der Waals surface area contributed by atoms with Crippen LogP contribution < -0.4 is 4.74 Å². The van der Waals surface area contributed by atoms with Crippen LogP contribution in [-0.2, 0) is 23.9 Å². The topological polar surface area (TPSA) is 102 Å². The number of halogens is 1. The number of esters is 1. The van der Waals surface area contributed by atoms with Crippen molar-refractivity contribution in [3.63, 3.8) is 0 Å². The van der Waals surface area contributed by atoms with Gasteiger partial charge >= 0.3 is 12.1 Å². The van der Waals surface area contributed by atoms with E-state index in [0.717, 1.165) is 31.2 Å². The van der Waals surface area contributed by atoms with Crippen molar-refractivity contribution in [1.29, 1.82) is 0 Å². The van der Waals surface area contributed by atoms with Crippen LogP contribution in [0.25, 0.3) is 0 Å². The van der Waals surface area contributed by atoms with Gasteiger partial charge in [-0.2, -0.15) is 0 Å². The summed E-state index contributed by atoms with van der Waals surface area (Å²) >= 11 is 0. The average Bonchev–Trinajstić information content (AvgIpc) is 2.98. The van der Waals surface area contributed by atoms with Crippen molar-refractivity contribution in [2.45, 2.75) is 83.7 Å². The van der Waals surface area contributed by atoms with E-state index in [9.17, 15) is 23.6 Å². The smallest absolute Gasteiger partial charge is 0.410 e. The van der Waals surface area contributed by atoms with Crippen LogP contribution in [0, 0.1) is 11.8 Å². The molecule has 3 rings (SSSR count). The molecule has 2 heterocycles. The first kappa shape index (κ1) is 33.3. The molecule has 2 amide bonds. The van der Waals surface area contributed by atoms with Crippen molar-refractivity contribution in [2.75, 3.05) is 46.6 Å². The molecule has 2 aliphatic rings. The molecular formula is C32H47FN2O7. The molecule has 1 aromatic rings. The summed E-state index contributed by atoms with van der Waals surface area (Å²) < 4.78 is 28.1. The molecule has 0 N–H and O–H groups in total. The third kappa shape index (κ3) is 10.6. The Balaban J connectivity index is 1.49. The highest BCUT2D eigenvalue weighted by atomic mass is 19.1. The zero-order valence-corrected chi connectivity index (χ0v) is 25.6. The maximum Gasteiger partial charge on any atom is 0.410 e. The second kappa shape index (κ2) is 15.9. The van der Waals surface area contributed by atoms with Gasteiger partial charge in [0.25, 0.3) is 0 Å². The number of carbonyl (C=O) groups is 4. The van der Waals surface area contributed by atoms with Gasteiger partial charge < -0.3 is 24.0 Å². The zero-order valence-electron chi connectivity index (χ0n) is 25.6. The van der Waals surface area contributed by atoms with Gasteiger partial charge in [-0.05, 0) is 76.5 Å². The highest BCUT2D eigenvalue weighted by Crippen LogP contribution is 2.30. The molecule has 0 spiro atoms. The number of ether oxygens (including phenoxy) is 3. The molecule has 2 atom stereocenters. The number of piperidine rings is 2. The maximum absolute atomic E-state index is 13.4. The quantitative estimate of drug-likeness (QED) is 0.304. The molecular weight excluding hydrogens is 543 g/mol. The number of benzene rings is 1. The van der Waals surface area contributed by atoms with Crippen LogP contribution in [0.3, 0.4) is 0 Å². The number of alkyl halides is 1. The summed E-state index contributed by atoms with van der Waals surface area (Å²) in [5.74, 6) is -0.0317. The van der Waals surface area contributed by atoms with E-state index in [4.69, 9.17) is 14.2 Å². The van der Waals surface area contributed by atoms with Crippen LogP contribution in [0.4, 0.5) is 9.18 Å². The minimum Gasteiger partial charge on any atom is -0.491 e. The Morgan fingerprint density at radius 1 is 0.976 bits per heavy atom. The number of ketones is 1. The first-order chi connectivity index (χ1) is 20.0. The predicted octanol–water partition coefficient (Wildman–Crippen LogP) is 5.31. The maximum atomic E-state index is 13.4. The minimum absolute atomic E-state index is 0.0340. The second-order valence-electron chi connectivity index (χ2n) is 12.4. The van der Waals surface area contributed by atoms with Gasteiger partial charge in [0, 0.05) is 50.9 Å². The summed E-state index contributed by atoms with van der Waals surface area (Å²) in [6, 6.07) is 7.01. The molecule has 10 heteroatoms.